The van der Waals surface area contributed by atoms with Crippen LogP contribution in [0.4, 0.5) is 23.4 Å². The molecule has 2 aliphatic rings. The number of rotatable bonds is 6. The van der Waals surface area contributed by atoms with Gasteiger partial charge in [0.25, 0.3) is 0 Å². The molecule has 1 saturated heterocycles. The zero-order chi connectivity index (χ0) is 21.9. The molecule has 9 heteroatoms. The second-order valence-electron chi connectivity index (χ2n) is 8.19. The van der Waals surface area contributed by atoms with Crippen molar-refractivity contribution >= 4 is 29.6 Å². The number of aromatic nitrogens is 5. The maximum absolute atomic E-state index is 5.38. The summed E-state index contributed by atoms with van der Waals surface area (Å²) in [6.45, 7) is 3.95. The molecule has 2 aliphatic heterocycles. The van der Waals surface area contributed by atoms with Gasteiger partial charge in [-0.15, -0.1) is 0 Å². The van der Waals surface area contributed by atoms with Gasteiger partial charge in [0.2, 0.25) is 5.95 Å². The van der Waals surface area contributed by atoms with Gasteiger partial charge in [-0.3, -0.25) is 0 Å². The predicted molar refractivity (Wildman–Crippen MR) is 126 cm³/mol. The second kappa shape index (κ2) is 8.86. The molecule has 0 saturated carbocycles. The lowest BCUT2D eigenvalue weighted by Gasteiger charge is -2.28. The molecule has 5 rings (SSSR count). The molecule has 32 heavy (non-hydrogen) atoms. The summed E-state index contributed by atoms with van der Waals surface area (Å²) in [5.41, 5.74) is 0.861. The number of hydrogen-bond acceptors (Lipinski definition) is 8. The van der Waals surface area contributed by atoms with Gasteiger partial charge in [0.1, 0.15) is 29.0 Å². The van der Waals surface area contributed by atoms with E-state index in [9.17, 15) is 0 Å². The van der Waals surface area contributed by atoms with Crippen LogP contribution < -0.4 is 20.3 Å². The first-order valence-electron chi connectivity index (χ1n) is 11.1. The predicted octanol–water partition coefficient (Wildman–Crippen LogP) is 3.63. The molecule has 5 heterocycles. The Bertz CT molecular complexity index is 1120. The second-order valence-corrected chi connectivity index (χ2v) is 8.19. The molecule has 3 aromatic heterocycles. The van der Waals surface area contributed by atoms with Crippen molar-refractivity contribution in [3.63, 3.8) is 0 Å². The summed E-state index contributed by atoms with van der Waals surface area (Å²) in [5, 5.41) is 6.82. The average Bonchev–Trinajstić information content (AvgIpc) is 3.27. The Hall–Kier alpha value is -3.62. The van der Waals surface area contributed by atoms with E-state index in [4.69, 9.17) is 14.7 Å². The number of nitrogens with zero attached hydrogens (tertiary/aromatic N) is 6. The third-order valence-electron chi connectivity index (χ3n) is 5.76. The molecule has 3 aromatic rings. The fraction of sp³-hybridized carbons (Fsp3) is 0.391. The third-order valence-corrected chi connectivity index (χ3v) is 5.76. The number of hydrogen-bond donors (Lipinski definition) is 2. The number of anilines is 4. The Morgan fingerprint density at radius 2 is 1.91 bits per heavy atom. The topological polar surface area (TPSA) is 93.0 Å². The lowest BCUT2D eigenvalue weighted by Crippen LogP contribution is -2.31. The Morgan fingerprint density at radius 3 is 2.75 bits per heavy atom. The fourth-order valence-corrected chi connectivity index (χ4v) is 4.17. The van der Waals surface area contributed by atoms with Gasteiger partial charge in [0.15, 0.2) is 0 Å². The molecule has 9 nitrogen and oxygen atoms in total. The van der Waals surface area contributed by atoms with E-state index in [1.165, 1.54) is 19.3 Å². The van der Waals surface area contributed by atoms with Crippen LogP contribution in [0.1, 0.15) is 30.8 Å². The molecule has 0 bridgehead atoms. The molecule has 1 atom stereocenters. The summed E-state index contributed by atoms with van der Waals surface area (Å²) in [7, 11) is 1.65. The van der Waals surface area contributed by atoms with Crippen molar-refractivity contribution in [2.24, 2.45) is 0 Å². The summed E-state index contributed by atoms with van der Waals surface area (Å²) < 4.78 is 7.42. The van der Waals surface area contributed by atoms with Crippen LogP contribution in [0.2, 0.25) is 0 Å². The minimum Gasteiger partial charge on any atom is -0.497 e. The lowest BCUT2D eigenvalue weighted by molar-refractivity contribution is 0.414. The van der Waals surface area contributed by atoms with E-state index in [2.05, 4.69) is 31.6 Å². The van der Waals surface area contributed by atoms with Gasteiger partial charge in [-0.1, -0.05) is 0 Å². The van der Waals surface area contributed by atoms with E-state index < -0.39 is 0 Å². The van der Waals surface area contributed by atoms with E-state index >= 15 is 0 Å². The minimum absolute atomic E-state index is 0.110. The molecule has 1 unspecified atom stereocenters. The van der Waals surface area contributed by atoms with E-state index in [1.54, 1.807) is 7.11 Å². The van der Waals surface area contributed by atoms with E-state index in [-0.39, 0.29) is 6.04 Å². The number of imidazole rings is 1. The Balaban J connectivity index is 1.42. The molecule has 0 aromatic carbocycles. The SMILES string of the molecule is COc1cc(C)nc(Nc2nc(NC3C=Cn4ccnc4C3)cc(N3CCCCC3)n2)c1. The van der Waals surface area contributed by atoms with E-state index in [0.717, 1.165) is 48.4 Å². The van der Waals surface area contributed by atoms with Crippen LogP contribution in [0.3, 0.4) is 0 Å². The van der Waals surface area contributed by atoms with Crippen molar-refractivity contribution in [2.45, 2.75) is 38.6 Å². The van der Waals surface area contributed by atoms with Gasteiger partial charge < -0.3 is 24.8 Å². The first kappa shape index (κ1) is 20.3. The van der Waals surface area contributed by atoms with Gasteiger partial charge in [-0.2, -0.15) is 9.97 Å². The van der Waals surface area contributed by atoms with E-state index in [0.29, 0.717) is 11.8 Å². The van der Waals surface area contributed by atoms with Gasteiger partial charge in [-0.25, -0.2) is 9.97 Å². The maximum Gasteiger partial charge on any atom is 0.232 e. The molecule has 0 amide bonds. The van der Waals surface area contributed by atoms with Gasteiger partial charge in [0, 0.05) is 62.0 Å². The summed E-state index contributed by atoms with van der Waals surface area (Å²) in [4.78, 5) is 20.9. The first-order chi connectivity index (χ1) is 15.7. The first-order valence-corrected chi connectivity index (χ1v) is 11.1. The minimum atomic E-state index is 0.110. The quantitative estimate of drug-likeness (QED) is 0.610. The van der Waals surface area contributed by atoms with Crippen molar-refractivity contribution in [1.82, 2.24) is 24.5 Å². The summed E-state index contributed by atoms with van der Waals surface area (Å²) in [6, 6.07) is 5.89. The number of aryl methyl sites for hydroxylation is 1. The van der Waals surface area contributed by atoms with Crippen LogP contribution in [0, 0.1) is 6.92 Å². The van der Waals surface area contributed by atoms with Crippen molar-refractivity contribution in [1.29, 1.82) is 0 Å². The van der Waals surface area contributed by atoms with Crippen molar-refractivity contribution in [3.05, 3.63) is 48.2 Å². The van der Waals surface area contributed by atoms with Crippen molar-refractivity contribution in [3.8, 4) is 5.75 Å². The molecule has 0 radical (unpaired) electrons. The molecule has 2 N–H and O–H groups in total. The fourth-order valence-electron chi connectivity index (χ4n) is 4.17. The largest absolute Gasteiger partial charge is 0.497 e. The highest BCUT2D eigenvalue weighted by Gasteiger charge is 2.19. The average molecular weight is 433 g/mol. The zero-order valence-electron chi connectivity index (χ0n) is 18.5. The van der Waals surface area contributed by atoms with E-state index in [1.807, 2.05) is 48.3 Å². The molecule has 0 aliphatic carbocycles. The lowest BCUT2D eigenvalue weighted by atomic mass is 10.1. The smallest absolute Gasteiger partial charge is 0.232 e. The third kappa shape index (κ3) is 4.51. The Morgan fingerprint density at radius 1 is 1.03 bits per heavy atom. The van der Waals surface area contributed by atoms with Crippen LogP contribution in [0.25, 0.3) is 6.20 Å². The monoisotopic (exact) mass is 432 g/mol. The number of ether oxygens (including phenoxy) is 1. The Labute approximate surface area is 187 Å². The molecule has 0 spiro atoms. The number of fused-ring (bicyclic) bond motifs is 1. The van der Waals surface area contributed by atoms with Crippen LogP contribution in [0.15, 0.2) is 36.7 Å². The van der Waals surface area contributed by atoms with Gasteiger partial charge >= 0.3 is 0 Å². The number of methoxy groups -OCH3 is 1. The summed E-state index contributed by atoms with van der Waals surface area (Å²) in [5.74, 6) is 4.64. The summed E-state index contributed by atoms with van der Waals surface area (Å²) in [6.07, 6.45) is 12.4. The molecule has 1 fully saturated rings. The van der Waals surface area contributed by atoms with Gasteiger partial charge in [-0.05, 0) is 32.3 Å². The molecule has 166 valence electrons. The van der Waals surface area contributed by atoms with Crippen LogP contribution >= 0.6 is 0 Å². The standard InChI is InChI=1S/C23H28N8O/c1-16-12-18(32-2)14-19(25-16)27-23-28-20(15-22(29-23)30-8-4-3-5-9-30)26-17-6-10-31-11-7-24-21(31)13-17/h6-7,10-12,14-15,17H,3-5,8-9,13H2,1-2H3,(H2,25,26,27,28,29). The van der Waals surface area contributed by atoms with Crippen molar-refractivity contribution in [2.75, 3.05) is 35.7 Å². The Kier molecular flexibility index (Phi) is 5.62. The highest BCUT2D eigenvalue weighted by Crippen LogP contribution is 2.26. The van der Waals surface area contributed by atoms with Crippen LogP contribution in [-0.2, 0) is 6.42 Å². The highest BCUT2D eigenvalue weighted by molar-refractivity contribution is 5.59. The number of piperidine rings is 1. The number of pyridine rings is 1. The normalized spacial score (nSPS) is 17.7. The molecular formula is C23H28N8O. The van der Waals surface area contributed by atoms with Crippen LogP contribution in [0.5, 0.6) is 5.75 Å². The van der Waals surface area contributed by atoms with Crippen molar-refractivity contribution < 1.29 is 4.74 Å². The maximum atomic E-state index is 5.38. The highest BCUT2D eigenvalue weighted by atomic mass is 16.5. The zero-order valence-corrected chi connectivity index (χ0v) is 18.5. The summed E-state index contributed by atoms with van der Waals surface area (Å²) >= 11 is 0. The van der Waals surface area contributed by atoms with Crippen LogP contribution in [-0.4, -0.2) is 50.7 Å². The molecular weight excluding hydrogens is 404 g/mol. The number of nitrogens with one attached hydrogen (secondary N) is 2. The van der Waals surface area contributed by atoms with Gasteiger partial charge in [0.05, 0.1) is 13.2 Å².